The molecular weight excluding hydrogens is 492 g/mol. The van der Waals surface area contributed by atoms with Gasteiger partial charge in [0.25, 0.3) is 0 Å². The number of hydrogen-bond donors (Lipinski definition) is 2. The fourth-order valence-corrected chi connectivity index (χ4v) is 4.84. The molecule has 3 heterocycles. The highest BCUT2D eigenvalue weighted by atomic mass is 16.5. The van der Waals surface area contributed by atoms with Gasteiger partial charge in [-0.25, -0.2) is 14.8 Å². The Morgan fingerprint density at radius 3 is 2.42 bits per heavy atom. The number of aryl methyl sites for hydroxylation is 1. The molecule has 1 aliphatic rings. The molecule has 0 bridgehead atoms. The Hall–Kier alpha value is -4.28. The van der Waals surface area contributed by atoms with Gasteiger partial charge in [-0.15, -0.1) is 0 Å². The molecule has 202 valence electrons. The number of piperidine rings is 1. The highest BCUT2D eigenvalue weighted by Crippen LogP contribution is 2.45. The van der Waals surface area contributed by atoms with Gasteiger partial charge in [0.2, 0.25) is 17.6 Å². The van der Waals surface area contributed by atoms with Crippen LogP contribution in [0.5, 0.6) is 23.0 Å². The zero-order valence-corrected chi connectivity index (χ0v) is 21.9. The van der Waals surface area contributed by atoms with Crippen LogP contribution >= 0.6 is 0 Å². The molecule has 2 aromatic heterocycles. The standard InChI is InChI=1S/C27H32N4O7/c1-16-14-20(32)23(26(34)38-16)19(18-6-7-21(35-2)25(37-4)24(18)36-3)15-22(33)30-17-8-12-31(13-9-17)27-28-10-5-11-29-27/h5-7,10-11,14,17,19,32H,8-9,12-13,15H2,1-4H3,(H,30,33). The summed E-state index contributed by atoms with van der Waals surface area (Å²) in [6.07, 6.45) is 4.71. The van der Waals surface area contributed by atoms with Crippen molar-refractivity contribution in [1.29, 1.82) is 0 Å². The highest BCUT2D eigenvalue weighted by molar-refractivity contribution is 5.78. The van der Waals surface area contributed by atoms with E-state index in [0.29, 0.717) is 54.7 Å². The molecule has 1 saturated heterocycles. The van der Waals surface area contributed by atoms with Gasteiger partial charge in [0.1, 0.15) is 11.5 Å². The van der Waals surface area contributed by atoms with E-state index in [1.165, 1.54) is 27.4 Å². The van der Waals surface area contributed by atoms with E-state index in [1.807, 2.05) is 0 Å². The molecule has 0 aliphatic carbocycles. The second kappa shape index (κ2) is 11.8. The van der Waals surface area contributed by atoms with E-state index < -0.39 is 11.5 Å². The first-order chi connectivity index (χ1) is 18.4. The highest BCUT2D eigenvalue weighted by Gasteiger charge is 2.31. The average molecular weight is 525 g/mol. The van der Waals surface area contributed by atoms with Crippen LogP contribution in [-0.2, 0) is 4.79 Å². The van der Waals surface area contributed by atoms with Crippen LogP contribution in [0, 0.1) is 6.92 Å². The van der Waals surface area contributed by atoms with Gasteiger partial charge in [-0.1, -0.05) is 6.07 Å². The molecule has 11 heteroatoms. The van der Waals surface area contributed by atoms with Gasteiger partial charge in [-0.3, -0.25) is 4.79 Å². The first-order valence-electron chi connectivity index (χ1n) is 12.3. The van der Waals surface area contributed by atoms with Crippen LogP contribution < -0.4 is 30.1 Å². The summed E-state index contributed by atoms with van der Waals surface area (Å²) in [5.74, 6) is 0.534. The Morgan fingerprint density at radius 2 is 1.82 bits per heavy atom. The summed E-state index contributed by atoms with van der Waals surface area (Å²) in [6.45, 7) is 2.96. The normalized spacial score (nSPS) is 14.6. The minimum Gasteiger partial charge on any atom is -0.507 e. The van der Waals surface area contributed by atoms with Gasteiger partial charge < -0.3 is 34.0 Å². The van der Waals surface area contributed by atoms with Crippen molar-refractivity contribution in [3.63, 3.8) is 0 Å². The number of rotatable bonds is 9. The van der Waals surface area contributed by atoms with E-state index in [-0.39, 0.29) is 35.4 Å². The maximum Gasteiger partial charge on any atom is 0.343 e. The SMILES string of the molecule is COc1ccc(C(CC(=O)NC2CCN(c3ncccn3)CC2)c2c(O)cc(C)oc2=O)c(OC)c1OC. The lowest BCUT2D eigenvalue weighted by molar-refractivity contribution is -0.122. The average Bonchev–Trinajstić information content (AvgIpc) is 2.91. The topological polar surface area (TPSA) is 136 Å². The smallest absolute Gasteiger partial charge is 0.343 e. The molecule has 1 fully saturated rings. The van der Waals surface area contributed by atoms with Crippen molar-refractivity contribution < 1.29 is 28.5 Å². The fraction of sp³-hybridized carbons (Fsp3) is 0.407. The lowest BCUT2D eigenvalue weighted by Crippen LogP contribution is -2.45. The molecular formula is C27H32N4O7. The van der Waals surface area contributed by atoms with E-state index in [1.54, 1.807) is 37.5 Å². The molecule has 1 aromatic carbocycles. The number of nitrogens with zero attached hydrogens (tertiary/aromatic N) is 3. The van der Waals surface area contributed by atoms with Crippen LogP contribution in [0.2, 0.25) is 0 Å². The summed E-state index contributed by atoms with van der Waals surface area (Å²) < 4.78 is 21.8. The minimum atomic E-state index is -0.876. The zero-order valence-electron chi connectivity index (χ0n) is 21.9. The Kier molecular flexibility index (Phi) is 8.35. The molecule has 0 radical (unpaired) electrons. The van der Waals surface area contributed by atoms with E-state index in [4.69, 9.17) is 18.6 Å². The molecule has 1 unspecified atom stereocenters. The second-order valence-electron chi connectivity index (χ2n) is 9.00. The van der Waals surface area contributed by atoms with Gasteiger partial charge in [0.15, 0.2) is 11.5 Å². The first kappa shape index (κ1) is 26.8. The quantitative estimate of drug-likeness (QED) is 0.430. The summed E-state index contributed by atoms with van der Waals surface area (Å²) in [5.41, 5.74) is -0.288. The van der Waals surface area contributed by atoms with Crippen molar-refractivity contribution in [2.75, 3.05) is 39.3 Å². The van der Waals surface area contributed by atoms with Crippen LogP contribution in [0.1, 0.15) is 42.1 Å². The van der Waals surface area contributed by atoms with Gasteiger partial charge in [0.05, 0.1) is 26.9 Å². The van der Waals surface area contributed by atoms with E-state index in [0.717, 1.165) is 0 Å². The summed E-state index contributed by atoms with van der Waals surface area (Å²) in [6, 6.07) is 6.42. The van der Waals surface area contributed by atoms with Crippen LogP contribution in [0.25, 0.3) is 0 Å². The summed E-state index contributed by atoms with van der Waals surface area (Å²) >= 11 is 0. The Bertz CT molecular complexity index is 1320. The van der Waals surface area contributed by atoms with Gasteiger partial charge in [-0.2, -0.15) is 0 Å². The van der Waals surface area contributed by atoms with Crippen molar-refractivity contribution in [2.45, 2.75) is 38.1 Å². The summed E-state index contributed by atoms with van der Waals surface area (Å²) in [4.78, 5) is 36.9. The molecule has 1 amide bonds. The molecule has 3 aromatic rings. The number of anilines is 1. The number of carbonyl (C=O) groups excluding carboxylic acids is 1. The second-order valence-corrected chi connectivity index (χ2v) is 9.00. The maximum absolute atomic E-state index is 13.3. The number of amides is 1. The van der Waals surface area contributed by atoms with E-state index in [2.05, 4.69) is 20.2 Å². The molecule has 1 aliphatic heterocycles. The third-order valence-electron chi connectivity index (χ3n) is 6.63. The molecule has 2 N–H and O–H groups in total. The maximum atomic E-state index is 13.3. The Labute approximate surface area is 220 Å². The predicted octanol–water partition coefficient (Wildman–Crippen LogP) is 2.78. The van der Waals surface area contributed by atoms with Crippen LogP contribution in [-0.4, -0.2) is 61.4 Å². The van der Waals surface area contributed by atoms with E-state index in [9.17, 15) is 14.7 Å². The van der Waals surface area contributed by atoms with Crippen molar-refractivity contribution in [1.82, 2.24) is 15.3 Å². The van der Waals surface area contributed by atoms with Crippen LogP contribution in [0.15, 0.2) is 45.9 Å². The number of hydrogen-bond acceptors (Lipinski definition) is 10. The minimum absolute atomic E-state index is 0.0349. The van der Waals surface area contributed by atoms with Crippen molar-refractivity contribution >= 4 is 11.9 Å². The van der Waals surface area contributed by atoms with E-state index >= 15 is 0 Å². The Morgan fingerprint density at radius 1 is 1.13 bits per heavy atom. The van der Waals surface area contributed by atoms with Gasteiger partial charge in [-0.05, 0) is 31.9 Å². The number of aromatic nitrogens is 2. The summed E-state index contributed by atoms with van der Waals surface area (Å²) in [5, 5.41) is 13.8. The number of benzene rings is 1. The third kappa shape index (κ3) is 5.66. The monoisotopic (exact) mass is 524 g/mol. The van der Waals surface area contributed by atoms with Crippen molar-refractivity contribution in [3.05, 3.63) is 64.0 Å². The number of methoxy groups -OCH3 is 3. The fourth-order valence-electron chi connectivity index (χ4n) is 4.84. The number of nitrogens with one attached hydrogen (secondary N) is 1. The van der Waals surface area contributed by atoms with Crippen molar-refractivity contribution in [3.8, 4) is 23.0 Å². The lowest BCUT2D eigenvalue weighted by atomic mass is 9.87. The van der Waals surface area contributed by atoms with Gasteiger partial charge >= 0.3 is 5.63 Å². The number of aromatic hydroxyl groups is 1. The molecule has 11 nitrogen and oxygen atoms in total. The molecule has 0 spiro atoms. The predicted molar refractivity (Wildman–Crippen MR) is 139 cm³/mol. The molecule has 38 heavy (non-hydrogen) atoms. The third-order valence-corrected chi connectivity index (χ3v) is 6.63. The molecule has 0 saturated carbocycles. The van der Waals surface area contributed by atoms with Crippen LogP contribution in [0.3, 0.4) is 0 Å². The first-order valence-corrected chi connectivity index (χ1v) is 12.3. The molecule has 4 rings (SSSR count). The van der Waals surface area contributed by atoms with Crippen LogP contribution in [0.4, 0.5) is 5.95 Å². The zero-order chi connectivity index (χ0) is 27.2. The largest absolute Gasteiger partial charge is 0.507 e. The van der Waals surface area contributed by atoms with Crippen molar-refractivity contribution in [2.24, 2.45) is 0 Å². The number of carbonyl (C=O) groups is 1. The number of ether oxygens (including phenoxy) is 3. The summed E-state index contributed by atoms with van der Waals surface area (Å²) in [7, 11) is 4.42. The molecule has 1 atom stereocenters. The van der Waals surface area contributed by atoms with Gasteiger partial charge in [0, 0.05) is 55.5 Å². The lowest BCUT2D eigenvalue weighted by Gasteiger charge is -2.32. The Balaban J connectivity index is 1.60.